The van der Waals surface area contributed by atoms with E-state index in [0.717, 1.165) is 14.6 Å². The minimum atomic E-state index is -1.01. The van der Waals surface area contributed by atoms with Gasteiger partial charge in [-0.25, -0.2) is 9.78 Å². The Balaban J connectivity index is 1.65. The van der Waals surface area contributed by atoms with Gasteiger partial charge in [0.15, 0.2) is 4.34 Å². The van der Waals surface area contributed by atoms with Crippen molar-refractivity contribution in [1.29, 1.82) is 0 Å². The normalized spacial score (nSPS) is 10.7. The van der Waals surface area contributed by atoms with E-state index in [2.05, 4.69) is 10.3 Å². The SMILES string of the molecule is Cc1c(NC(=O)CSc2nc3ccccc3s2)cccc1C(=O)O. The van der Waals surface area contributed by atoms with E-state index in [1.807, 2.05) is 24.3 Å². The van der Waals surface area contributed by atoms with Crippen molar-refractivity contribution in [3.8, 4) is 0 Å². The molecule has 2 N–H and O–H groups in total. The van der Waals surface area contributed by atoms with Crippen LogP contribution in [0.1, 0.15) is 15.9 Å². The van der Waals surface area contributed by atoms with Crippen molar-refractivity contribution in [2.75, 3.05) is 11.1 Å². The van der Waals surface area contributed by atoms with Gasteiger partial charge in [-0.1, -0.05) is 30.0 Å². The quantitative estimate of drug-likeness (QED) is 0.673. The highest BCUT2D eigenvalue weighted by molar-refractivity contribution is 8.01. The van der Waals surface area contributed by atoms with Crippen molar-refractivity contribution < 1.29 is 14.7 Å². The summed E-state index contributed by atoms with van der Waals surface area (Å²) in [5, 5.41) is 11.9. The van der Waals surface area contributed by atoms with E-state index >= 15 is 0 Å². The van der Waals surface area contributed by atoms with E-state index in [9.17, 15) is 9.59 Å². The minimum absolute atomic E-state index is 0.187. The molecule has 0 spiro atoms. The summed E-state index contributed by atoms with van der Waals surface area (Å²) < 4.78 is 1.92. The number of hydrogen-bond donors (Lipinski definition) is 2. The number of para-hydroxylation sites is 1. The van der Waals surface area contributed by atoms with Gasteiger partial charge in [-0.15, -0.1) is 11.3 Å². The number of rotatable bonds is 5. The van der Waals surface area contributed by atoms with Crippen molar-refractivity contribution in [2.24, 2.45) is 0 Å². The zero-order chi connectivity index (χ0) is 17.1. The molecule has 0 atom stereocenters. The van der Waals surface area contributed by atoms with Crippen LogP contribution in [-0.2, 0) is 4.79 Å². The Labute approximate surface area is 146 Å². The third kappa shape index (κ3) is 3.58. The molecule has 0 saturated carbocycles. The molecule has 0 aliphatic heterocycles. The number of benzene rings is 2. The van der Waals surface area contributed by atoms with E-state index < -0.39 is 5.97 Å². The lowest BCUT2D eigenvalue weighted by atomic mass is 10.1. The van der Waals surface area contributed by atoms with Gasteiger partial charge in [-0.3, -0.25) is 4.79 Å². The predicted octanol–water partition coefficient (Wildman–Crippen LogP) is 4.03. The van der Waals surface area contributed by atoms with Crippen LogP contribution in [0.3, 0.4) is 0 Å². The first-order valence-corrected chi connectivity index (χ1v) is 8.96. The molecule has 5 nitrogen and oxygen atoms in total. The van der Waals surface area contributed by atoms with Crippen LogP contribution in [0.15, 0.2) is 46.8 Å². The van der Waals surface area contributed by atoms with Gasteiger partial charge in [0.1, 0.15) is 0 Å². The van der Waals surface area contributed by atoms with Gasteiger partial charge in [0.05, 0.1) is 21.5 Å². The fourth-order valence-electron chi connectivity index (χ4n) is 2.23. The molecule has 3 aromatic rings. The fraction of sp³-hybridized carbons (Fsp3) is 0.118. The maximum atomic E-state index is 12.1. The van der Waals surface area contributed by atoms with Crippen LogP contribution in [0.25, 0.3) is 10.2 Å². The highest BCUT2D eigenvalue weighted by Crippen LogP contribution is 2.29. The van der Waals surface area contributed by atoms with Crippen LogP contribution >= 0.6 is 23.1 Å². The number of nitrogens with zero attached hydrogens (tertiary/aromatic N) is 1. The number of carboxylic acids is 1. The second-order valence-electron chi connectivity index (χ2n) is 5.07. The summed E-state index contributed by atoms with van der Waals surface area (Å²) in [6, 6.07) is 12.7. The number of amides is 1. The van der Waals surface area contributed by atoms with Gasteiger partial charge in [-0.2, -0.15) is 0 Å². The number of fused-ring (bicyclic) bond motifs is 1. The van der Waals surface area contributed by atoms with Crippen LogP contribution in [0.5, 0.6) is 0 Å². The molecule has 7 heteroatoms. The zero-order valence-corrected chi connectivity index (χ0v) is 14.4. The van der Waals surface area contributed by atoms with Gasteiger partial charge in [0.2, 0.25) is 5.91 Å². The van der Waals surface area contributed by atoms with E-state index in [-0.39, 0.29) is 17.2 Å². The monoisotopic (exact) mass is 358 g/mol. The Morgan fingerprint density at radius 3 is 2.75 bits per heavy atom. The molecule has 0 fully saturated rings. The molecule has 1 aromatic heterocycles. The van der Waals surface area contributed by atoms with Crippen molar-refractivity contribution in [1.82, 2.24) is 4.98 Å². The lowest BCUT2D eigenvalue weighted by Crippen LogP contribution is -2.15. The number of thiazole rings is 1. The van der Waals surface area contributed by atoms with Crippen molar-refractivity contribution in [2.45, 2.75) is 11.3 Å². The number of anilines is 1. The average Bonchev–Trinajstić information content (AvgIpc) is 2.97. The molecule has 0 saturated heterocycles. The number of nitrogens with one attached hydrogen (secondary N) is 1. The molecule has 1 heterocycles. The second kappa shape index (κ2) is 7.02. The Morgan fingerprint density at radius 1 is 1.21 bits per heavy atom. The molecule has 0 radical (unpaired) electrons. The lowest BCUT2D eigenvalue weighted by molar-refractivity contribution is -0.113. The van der Waals surface area contributed by atoms with E-state index in [1.54, 1.807) is 30.4 Å². The Bertz CT molecular complexity index is 888. The van der Waals surface area contributed by atoms with Crippen molar-refractivity contribution in [3.05, 3.63) is 53.6 Å². The van der Waals surface area contributed by atoms with Crippen LogP contribution in [0.4, 0.5) is 5.69 Å². The Morgan fingerprint density at radius 2 is 2.00 bits per heavy atom. The number of thioether (sulfide) groups is 1. The first-order valence-electron chi connectivity index (χ1n) is 7.16. The standard InChI is InChI=1S/C17H14N2O3S2/c1-10-11(16(21)22)5-4-7-12(10)18-15(20)9-23-17-19-13-6-2-3-8-14(13)24-17/h2-8H,9H2,1H3,(H,18,20)(H,21,22). The predicted molar refractivity (Wildman–Crippen MR) is 97.1 cm³/mol. The summed E-state index contributed by atoms with van der Waals surface area (Å²) in [6.45, 7) is 1.68. The zero-order valence-electron chi connectivity index (χ0n) is 12.8. The summed E-state index contributed by atoms with van der Waals surface area (Å²) in [7, 11) is 0. The van der Waals surface area contributed by atoms with E-state index in [4.69, 9.17) is 5.11 Å². The number of carbonyl (C=O) groups excluding carboxylic acids is 1. The number of aromatic nitrogens is 1. The largest absolute Gasteiger partial charge is 0.478 e. The number of carboxylic acid groups (broad SMARTS) is 1. The molecule has 2 aromatic carbocycles. The summed E-state index contributed by atoms with van der Waals surface area (Å²) in [5.41, 5.74) is 2.18. The van der Waals surface area contributed by atoms with Gasteiger partial charge < -0.3 is 10.4 Å². The molecular formula is C17H14N2O3S2. The third-order valence-corrected chi connectivity index (χ3v) is 5.62. The van der Waals surface area contributed by atoms with Crippen LogP contribution in [0.2, 0.25) is 0 Å². The topological polar surface area (TPSA) is 79.3 Å². The summed E-state index contributed by atoms with van der Waals surface area (Å²) in [4.78, 5) is 27.7. The van der Waals surface area contributed by atoms with E-state index in [1.165, 1.54) is 17.8 Å². The summed E-state index contributed by atoms with van der Waals surface area (Å²) in [6.07, 6.45) is 0. The molecule has 0 aliphatic carbocycles. The number of carbonyl (C=O) groups is 2. The molecule has 3 rings (SSSR count). The Kier molecular flexibility index (Phi) is 4.82. The summed E-state index contributed by atoms with van der Waals surface area (Å²) in [5.74, 6) is -0.978. The molecule has 0 bridgehead atoms. The molecule has 0 aliphatic rings. The van der Waals surface area contributed by atoms with E-state index in [0.29, 0.717) is 11.3 Å². The first kappa shape index (κ1) is 16.5. The number of aromatic carboxylic acids is 1. The molecular weight excluding hydrogens is 344 g/mol. The molecule has 24 heavy (non-hydrogen) atoms. The molecule has 122 valence electrons. The molecule has 0 unspecified atom stereocenters. The first-order chi connectivity index (χ1) is 11.5. The fourth-order valence-corrected chi connectivity index (χ4v) is 4.10. The summed E-state index contributed by atoms with van der Waals surface area (Å²) >= 11 is 2.92. The van der Waals surface area contributed by atoms with Gasteiger partial charge in [0, 0.05) is 5.69 Å². The van der Waals surface area contributed by atoms with Crippen molar-refractivity contribution in [3.63, 3.8) is 0 Å². The van der Waals surface area contributed by atoms with Gasteiger partial charge >= 0.3 is 5.97 Å². The molecule has 1 amide bonds. The average molecular weight is 358 g/mol. The second-order valence-corrected chi connectivity index (χ2v) is 7.32. The van der Waals surface area contributed by atoms with Gasteiger partial charge in [0.25, 0.3) is 0 Å². The third-order valence-electron chi connectivity index (χ3n) is 3.44. The highest BCUT2D eigenvalue weighted by atomic mass is 32.2. The van der Waals surface area contributed by atoms with Crippen LogP contribution in [-0.4, -0.2) is 27.7 Å². The van der Waals surface area contributed by atoms with Crippen molar-refractivity contribution >= 4 is 50.9 Å². The smallest absolute Gasteiger partial charge is 0.336 e. The Hall–Kier alpha value is -2.38. The van der Waals surface area contributed by atoms with Crippen LogP contribution < -0.4 is 5.32 Å². The van der Waals surface area contributed by atoms with Crippen LogP contribution in [0, 0.1) is 6.92 Å². The van der Waals surface area contributed by atoms with Gasteiger partial charge in [-0.05, 0) is 36.8 Å². The highest BCUT2D eigenvalue weighted by Gasteiger charge is 2.13. The maximum Gasteiger partial charge on any atom is 0.336 e. The number of hydrogen-bond acceptors (Lipinski definition) is 5. The lowest BCUT2D eigenvalue weighted by Gasteiger charge is -2.09. The maximum absolute atomic E-state index is 12.1. The minimum Gasteiger partial charge on any atom is -0.478 e.